The number of nitrogens with zero attached hydrogens (tertiary/aromatic N) is 2. The molecule has 0 spiro atoms. The Morgan fingerprint density at radius 2 is 2.38 bits per heavy atom. The van der Waals surface area contributed by atoms with Gasteiger partial charge in [-0.05, 0) is 37.2 Å². The van der Waals surface area contributed by atoms with Crippen LogP contribution in [0.25, 0.3) is 11.1 Å². The van der Waals surface area contributed by atoms with Crippen LogP contribution in [0.2, 0.25) is 0 Å². The molecule has 3 aromatic rings. The molecule has 0 unspecified atom stereocenters. The molecule has 2 aromatic heterocycles. The average molecular weight is 345 g/mol. The maximum Gasteiger partial charge on any atom is 0.261 e. The number of fused-ring (bicyclic) bond motifs is 2. The molecule has 0 saturated heterocycles. The monoisotopic (exact) mass is 345 g/mol. The van der Waals surface area contributed by atoms with E-state index in [-0.39, 0.29) is 18.0 Å². The molecule has 124 valence electrons. The molecule has 1 amide bonds. The highest BCUT2D eigenvalue weighted by atomic mass is 32.1. The molecule has 0 atom stereocenters. The Kier molecular flexibility index (Phi) is 3.82. The summed E-state index contributed by atoms with van der Waals surface area (Å²) in [6, 6.07) is 6.52. The van der Waals surface area contributed by atoms with E-state index in [1.807, 2.05) is 6.07 Å². The van der Waals surface area contributed by atoms with Crippen molar-refractivity contribution in [1.82, 2.24) is 15.2 Å². The van der Waals surface area contributed by atoms with Gasteiger partial charge in [-0.3, -0.25) is 4.79 Å². The van der Waals surface area contributed by atoms with E-state index in [1.165, 1.54) is 27.8 Å². The van der Waals surface area contributed by atoms with E-state index in [4.69, 9.17) is 4.42 Å². The Hall–Kier alpha value is -2.25. The Bertz CT molecular complexity index is 918. The number of carbonyl (C=O) groups is 1. The first-order chi connectivity index (χ1) is 11.6. The lowest BCUT2D eigenvalue weighted by Gasteiger charge is -2.21. The number of hydrogen-bond acceptors (Lipinski definition) is 5. The van der Waals surface area contributed by atoms with E-state index in [1.54, 1.807) is 12.1 Å². The number of nitrogens with one attached hydrogen (secondary N) is 1. The number of amides is 1. The molecular formula is C17H16FN3O2S. The molecule has 0 radical (unpaired) electrons. The van der Waals surface area contributed by atoms with E-state index in [0.29, 0.717) is 16.4 Å². The second kappa shape index (κ2) is 5.99. The summed E-state index contributed by atoms with van der Waals surface area (Å²) in [4.78, 5) is 20.6. The summed E-state index contributed by atoms with van der Waals surface area (Å²) < 4.78 is 19.1. The first-order valence-corrected chi connectivity index (χ1v) is 8.54. The van der Waals surface area contributed by atoms with Gasteiger partial charge in [0.25, 0.3) is 5.91 Å². The van der Waals surface area contributed by atoms with Crippen LogP contribution in [0, 0.1) is 5.82 Å². The molecular weight excluding hydrogens is 329 g/mol. The molecule has 24 heavy (non-hydrogen) atoms. The van der Waals surface area contributed by atoms with Crippen molar-refractivity contribution in [1.29, 1.82) is 0 Å². The molecule has 0 fully saturated rings. The molecule has 1 aliphatic rings. The van der Waals surface area contributed by atoms with E-state index in [0.717, 1.165) is 19.5 Å². The fourth-order valence-electron chi connectivity index (χ4n) is 2.84. The van der Waals surface area contributed by atoms with Gasteiger partial charge in [0.15, 0.2) is 11.4 Å². The van der Waals surface area contributed by atoms with Crippen molar-refractivity contribution in [2.75, 3.05) is 13.6 Å². The van der Waals surface area contributed by atoms with E-state index >= 15 is 0 Å². The standard InChI is InChI=1S/C17H16FN3O2S/c1-21-6-5-10-7-13(24-14(10)9-21)17(22)19-8-15-20-16-11(18)3-2-4-12(16)23-15/h2-4,7H,5-6,8-9H2,1H3,(H,19,22). The minimum absolute atomic E-state index is 0.134. The summed E-state index contributed by atoms with van der Waals surface area (Å²) in [5.41, 5.74) is 1.83. The minimum atomic E-state index is -0.427. The number of thiophene rings is 1. The van der Waals surface area contributed by atoms with E-state index < -0.39 is 5.82 Å². The predicted molar refractivity (Wildman–Crippen MR) is 89.5 cm³/mol. The quantitative estimate of drug-likeness (QED) is 0.793. The van der Waals surface area contributed by atoms with Gasteiger partial charge in [-0.1, -0.05) is 6.07 Å². The molecule has 0 aliphatic carbocycles. The highest BCUT2D eigenvalue weighted by molar-refractivity contribution is 7.14. The van der Waals surface area contributed by atoms with Gasteiger partial charge in [-0.15, -0.1) is 11.3 Å². The van der Waals surface area contributed by atoms with Gasteiger partial charge in [-0.2, -0.15) is 0 Å². The first-order valence-electron chi connectivity index (χ1n) is 7.72. The molecule has 1 N–H and O–H groups in total. The third-order valence-corrected chi connectivity index (χ3v) is 5.27. The summed E-state index contributed by atoms with van der Waals surface area (Å²) in [6.07, 6.45) is 0.972. The topological polar surface area (TPSA) is 58.4 Å². The van der Waals surface area contributed by atoms with Crippen LogP contribution in [-0.2, 0) is 19.5 Å². The SMILES string of the molecule is CN1CCc2cc(C(=O)NCc3nc4c(F)cccc4o3)sc2C1. The lowest BCUT2D eigenvalue weighted by molar-refractivity contribution is 0.0951. The van der Waals surface area contributed by atoms with Crippen molar-refractivity contribution in [2.24, 2.45) is 0 Å². The molecule has 1 aromatic carbocycles. The smallest absolute Gasteiger partial charge is 0.261 e. The minimum Gasteiger partial charge on any atom is -0.439 e. The van der Waals surface area contributed by atoms with Crippen LogP contribution in [0.15, 0.2) is 28.7 Å². The number of aromatic nitrogens is 1. The summed E-state index contributed by atoms with van der Waals surface area (Å²) >= 11 is 1.53. The van der Waals surface area contributed by atoms with Gasteiger partial charge in [0.1, 0.15) is 5.52 Å². The van der Waals surface area contributed by atoms with Gasteiger partial charge in [0, 0.05) is 18.0 Å². The van der Waals surface area contributed by atoms with Crippen LogP contribution in [-0.4, -0.2) is 29.4 Å². The zero-order valence-corrected chi connectivity index (χ0v) is 14.0. The normalized spacial score (nSPS) is 14.8. The van der Waals surface area contributed by atoms with Gasteiger partial charge in [0.05, 0.1) is 11.4 Å². The Labute approximate surface area is 142 Å². The van der Waals surface area contributed by atoms with Crippen molar-refractivity contribution in [3.05, 3.63) is 51.3 Å². The molecule has 5 nitrogen and oxygen atoms in total. The van der Waals surface area contributed by atoms with Crippen LogP contribution in [0.3, 0.4) is 0 Å². The van der Waals surface area contributed by atoms with Crippen molar-refractivity contribution < 1.29 is 13.6 Å². The van der Waals surface area contributed by atoms with Crippen LogP contribution in [0.4, 0.5) is 4.39 Å². The second-order valence-corrected chi connectivity index (χ2v) is 7.06. The Balaban J connectivity index is 1.47. The predicted octanol–water partition coefficient (Wildman–Crippen LogP) is 2.95. The molecule has 0 saturated carbocycles. The lowest BCUT2D eigenvalue weighted by Crippen LogP contribution is -2.24. The van der Waals surface area contributed by atoms with Crippen molar-refractivity contribution in [3.63, 3.8) is 0 Å². The number of rotatable bonds is 3. The summed E-state index contributed by atoms with van der Waals surface area (Å²) in [5, 5.41) is 2.80. The van der Waals surface area contributed by atoms with Crippen LogP contribution in [0.5, 0.6) is 0 Å². The van der Waals surface area contributed by atoms with Gasteiger partial charge in [0.2, 0.25) is 5.89 Å². The van der Waals surface area contributed by atoms with Crippen molar-refractivity contribution in [2.45, 2.75) is 19.5 Å². The lowest BCUT2D eigenvalue weighted by atomic mass is 10.1. The fourth-order valence-corrected chi connectivity index (χ4v) is 4.05. The van der Waals surface area contributed by atoms with Crippen LogP contribution in [0.1, 0.15) is 26.0 Å². The van der Waals surface area contributed by atoms with Crippen LogP contribution >= 0.6 is 11.3 Å². The highest BCUT2D eigenvalue weighted by Crippen LogP contribution is 2.27. The number of oxazole rings is 1. The number of carbonyl (C=O) groups excluding carboxylic acids is 1. The average Bonchev–Trinajstić information content (AvgIpc) is 3.16. The van der Waals surface area contributed by atoms with Gasteiger partial charge in [-0.25, -0.2) is 9.37 Å². The third-order valence-electron chi connectivity index (χ3n) is 4.11. The summed E-state index contributed by atoms with van der Waals surface area (Å²) in [5.74, 6) is -0.284. The fraction of sp³-hybridized carbons (Fsp3) is 0.294. The van der Waals surface area contributed by atoms with Crippen LogP contribution < -0.4 is 5.32 Å². The largest absolute Gasteiger partial charge is 0.439 e. The molecule has 4 rings (SSSR count). The number of para-hydroxylation sites is 1. The van der Waals surface area contributed by atoms with Gasteiger partial charge < -0.3 is 14.6 Å². The van der Waals surface area contributed by atoms with Gasteiger partial charge >= 0.3 is 0 Å². The maximum atomic E-state index is 13.6. The number of hydrogen-bond donors (Lipinski definition) is 1. The Morgan fingerprint density at radius 1 is 1.50 bits per heavy atom. The number of likely N-dealkylation sites (N-methyl/N-ethyl adjacent to an activating group) is 1. The van der Waals surface area contributed by atoms with E-state index in [9.17, 15) is 9.18 Å². The van der Waals surface area contributed by atoms with E-state index in [2.05, 4.69) is 22.2 Å². The summed E-state index contributed by atoms with van der Waals surface area (Å²) in [7, 11) is 2.08. The molecule has 1 aliphatic heterocycles. The zero-order valence-electron chi connectivity index (χ0n) is 13.1. The number of benzene rings is 1. The molecule has 7 heteroatoms. The highest BCUT2D eigenvalue weighted by Gasteiger charge is 2.20. The third kappa shape index (κ3) is 2.81. The van der Waals surface area contributed by atoms with Crippen molar-refractivity contribution in [3.8, 4) is 0 Å². The van der Waals surface area contributed by atoms with Crippen molar-refractivity contribution >= 4 is 28.3 Å². The first kappa shape index (κ1) is 15.3. The second-order valence-electron chi connectivity index (χ2n) is 5.92. The maximum absolute atomic E-state index is 13.6. The molecule has 0 bridgehead atoms. The summed E-state index contributed by atoms with van der Waals surface area (Å²) in [6.45, 7) is 2.03. The molecule has 3 heterocycles. The number of halogens is 1. The Morgan fingerprint density at radius 3 is 3.21 bits per heavy atom. The zero-order chi connectivity index (χ0) is 16.7.